The highest BCUT2D eigenvalue weighted by Crippen LogP contribution is 2.32. The molecule has 0 aliphatic carbocycles. The summed E-state index contributed by atoms with van der Waals surface area (Å²) in [5.74, 6) is -0.00636. The van der Waals surface area contributed by atoms with Crippen LogP contribution in [0.4, 0.5) is 8.78 Å². The molecule has 24 heavy (non-hydrogen) atoms. The molecule has 0 unspecified atom stereocenters. The van der Waals surface area contributed by atoms with Gasteiger partial charge in [-0.15, -0.1) is 11.8 Å². The maximum atomic E-state index is 12.6. The molecule has 1 amide bonds. The minimum Gasteiger partial charge on any atom is -0.493 e. The van der Waals surface area contributed by atoms with Crippen molar-refractivity contribution < 1.29 is 23.0 Å². The number of alkyl halides is 2. The number of hydrogen-bond acceptors (Lipinski definition) is 4. The molecule has 0 fully saturated rings. The van der Waals surface area contributed by atoms with Crippen molar-refractivity contribution in [2.24, 2.45) is 0 Å². The Morgan fingerprint density at radius 2 is 1.92 bits per heavy atom. The van der Waals surface area contributed by atoms with Gasteiger partial charge in [-0.05, 0) is 24.3 Å². The van der Waals surface area contributed by atoms with E-state index in [0.717, 1.165) is 4.90 Å². The third kappa shape index (κ3) is 5.13. The number of benzene rings is 2. The Balaban J connectivity index is 1.96. The second-order valence-electron chi connectivity index (χ2n) is 4.63. The Bertz CT molecular complexity index is 668. The van der Waals surface area contributed by atoms with Crippen LogP contribution < -0.4 is 14.8 Å². The first-order chi connectivity index (χ1) is 11.6. The lowest BCUT2D eigenvalue weighted by atomic mass is 10.1. The molecule has 0 bridgehead atoms. The fourth-order valence-electron chi connectivity index (χ4n) is 2.01. The predicted molar refractivity (Wildman–Crippen MR) is 89.1 cm³/mol. The van der Waals surface area contributed by atoms with Crippen LogP contribution in [0, 0.1) is 0 Å². The Morgan fingerprint density at radius 3 is 2.58 bits per heavy atom. The highest BCUT2D eigenvalue weighted by atomic mass is 32.2. The van der Waals surface area contributed by atoms with Gasteiger partial charge in [0.25, 0.3) is 5.91 Å². The number of rotatable bonds is 8. The van der Waals surface area contributed by atoms with Gasteiger partial charge in [-0.3, -0.25) is 4.79 Å². The predicted octanol–water partition coefficient (Wildman–Crippen LogP) is 3.82. The largest absolute Gasteiger partial charge is 0.493 e. The Hall–Kier alpha value is -2.28. The number of nitrogens with one attached hydrogen (secondary N) is 1. The summed E-state index contributed by atoms with van der Waals surface area (Å²) in [5.41, 5.74) is 0.0133. The molecule has 0 saturated carbocycles. The third-order valence-electron chi connectivity index (χ3n) is 3.05. The van der Waals surface area contributed by atoms with E-state index in [-0.39, 0.29) is 17.1 Å². The van der Waals surface area contributed by atoms with E-state index < -0.39 is 12.5 Å². The maximum Gasteiger partial charge on any atom is 0.387 e. The highest BCUT2D eigenvalue weighted by Gasteiger charge is 2.19. The second-order valence-corrected chi connectivity index (χ2v) is 5.80. The van der Waals surface area contributed by atoms with E-state index in [1.165, 1.54) is 19.2 Å². The molecule has 2 aromatic rings. The van der Waals surface area contributed by atoms with Crippen molar-refractivity contribution in [3.05, 3.63) is 54.1 Å². The molecular formula is C17H17F2NO3S. The molecule has 0 spiro atoms. The van der Waals surface area contributed by atoms with Crippen molar-refractivity contribution in [3.8, 4) is 11.5 Å². The van der Waals surface area contributed by atoms with E-state index in [2.05, 4.69) is 10.1 Å². The normalized spacial score (nSPS) is 10.5. The summed E-state index contributed by atoms with van der Waals surface area (Å²) in [6.07, 6.45) is 0. The first-order valence-corrected chi connectivity index (χ1v) is 8.18. The lowest BCUT2D eigenvalue weighted by Crippen LogP contribution is -2.26. The molecule has 0 aromatic heterocycles. The first-order valence-electron chi connectivity index (χ1n) is 7.19. The summed E-state index contributed by atoms with van der Waals surface area (Å²) in [6.45, 7) is -2.65. The molecule has 4 nitrogen and oxygen atoms in total. The topological polar surface area (TPSA) is 47.6 Å². The number of hydrogen-bond donors (Lipinski definition) is 1. The van der Waals surface area contributed by atoms with E-state index in [9.17, 15) is 13.6 Å². The van der Waals surface area contributed by atoms with Gasteiger partial charge in [-0.25, -0.2) is 0 Å². The number of ether oxygens (including phenoxy) is 2. The molecule has 0 radical (unpaired) electrons. The lowest BCUT2D eigenvalue weighted by molar-refractivity contribution is -0.0515. The van der Waals surface area contributed by atoms with Crippen LogP contribution in [0.15, 0.2) is 53.4 Å². The molecular weight excluding hydrogens is 336 g/mol. The maximum absolute atomic E-state index is 12.6. The lowest BCUT2D eigenvalue weighted by Gasteiger charge is -2.14. The molecule has 7 heteroatoms. The van der Waals surface area contributed by atoms with Crippen molar-refractivity contribution in [3.63, 3.8) is 0 Å². The van der Waals surface area contributed by atoms with Crippen molar-refractivity contribution >= 4 is 17.7 Å². The summed E-state index contributed by atoms with van der Waals surface area (Å²) in [4.78, 5) is 13.3. The van der Waals surface area contributed by atoms with Crippen LogP contribution in [-0.2, 0) is 0 Å². The molecule has 128 valence electrons. The summed E-state index contributed by atoms with van der Waals surface area (Å²) in [6, 6.07) is 14.2. The SMILES string of the molecule is COc1cccc(C(=O)NCCSc2ccccc2)c1OC(F)F. The fraction of sp³-hybridized carbons (Fsp3) is 0.235. The summed E-state index contributed by atoms with van der Waals surface area (Å²) >= 11 is 1.59. The quantitative estimate of drug-likeness (QED) is 0.579. The van der Waals surface area contributed by atoms with Gasteiger partial charge in [0.2, 0.25) is 0 Å². The van der Waals surface area contributed by atoms with Crippen LogP contribution in [0.25, 0.3) is 0 Å². The van der Waals surface area contributed by atoms with Gasteiger partial charge in [0.15, 0.2) is 11.5 Å². The Labute approximate surface area is 143 Å². The Kier molecular flexibility index (Phi) is 6.87. The van der Waals surface area contributed by atoms with E-state index in [1.807, 2.05) is 30.3 Å². The van der Waals surface area contributed by atoms with Crippen LogP contribution in [0.3, 0.4) is 0 Å². The number of thioether (sulfide) groups is 1. The number of carbonyl (C=O) groups is 1. The monoisotopic (exact) mass is 353 g/mol. The zero-order chi connectivity index (χ0) is 17.4. The van der Waals surface area contributed by atoms with E-state index in [0.29, 0.717) is 12.3 Å². The first kappa shape index (κ1) is 18.1. The summed E-state index contributed by atoms with van der Waals surface area (Å²) in [5, 5.41) is 2.69. The molecule has 1 N–H and O–H groups in total. The molecule has 2 rings (SSSR count). The molecule has 0 saturated heterocycles. The van der Waals surface area contributed by atoms with Gasteiger partial charge in [-0.1, -0.05) is 24.3 Å². The van der Waals surface area contributed by atoms with E-state index in [1.54, 1.807) is 17.8 Å². The van der Waals surface area contributed by atoms with Gasteiger partial charge in [0, 0.05) is 17.2 Å². The van der Waals surface area contributed by atoms with Gasteiger partial charge >= 0.3 is 6.61 Å². The second kappa shape index (κ2) is 9.12. The fourth-order valence-corrected chi connectivity index (χ4v) is 2.80. The zero-order valence-corrected chi connectivity index (χ0v) is 13.8. The van der Waals surface area contributed by atoms with Gasteiger partial charge < -0.3 is 14.8 Å². The van der Waals surface area contributed by atoms with Crippen LogP contribution in [0.5, 0.6) is 11.5 Å². The Morgan fingerprint density at radius 1 is 1.17 bits per heavy atom. The molecule has 0 heterocycles. The van der Waals surface area contributed by atoms with Crippen LogP contribution in [0.2, 0.25) is 0 Å². The van der Waals surface area contributed by atoms with Gasteiger partial charge in [-0.2, -0.15) is 8.78 Å². The summed E-state index contributed by atoms with van der Waals surface area (Å²) < 4.78 is 34.5. The van der Waals surface area contributed by atoms with Crippen molar-refractivity contribution in [1.29, 1.82) is 0 Å². The number of amides is 1. The van der Waals surface area contributed by atoms with E-state index >= 15 is 0 Å². The minimum atomic E-state index is -3.04. The molecule has 2 aromatic carbocycles. The number of para-hydroxylation sites is 1. The average molecular weight is 353 g/mol. The smallest absolute Gasteiger partial charge is 0.387 e. The van der Waals surface area contributed by atoms with Crippen LogP contribution in [0.1, 0.15) is 10.4 Å². The van der Waals surface area contributed by atoms with Crippen molar-refractivity contribution in [2.45, 2.75) is 11.5 Å². The van der Waals surface area contributed by atoms with Crippen LogP contribution >= 0.6 is 11.8 Å². The van der Waals surface area contributed by atoms with Gasteiger partial charge in [0.05, 0.1) is 12.7 Å². The number of halogens is 2. The van der Waals surface area contributed by atoms with Gasteiger partial charge in [0.1, 0.15) is 0 Å². The van der Waals surface area contributed by atoms with E-state index in [4.69, 9.17) is 4.74 Å². The van der Waals surface area contributed by atoms with Crippen molar-refractivity contribution in [1.82, 2.24) is 5.32 Å². The summed E-state index contributed by atoms with van der Waals surface area (Å²) in [7, 11) is 1.33. The highest BCUT2D eigenvalue weighted by molar-refractivity contribution is 7.99. The third-order valence-corrected chi connectivity index (χ3v) is 4.06. The molecule has 0 atom stereocenters. The molecule has 0 aliphatic heterocycles. The van der Waals surface area contributed by atoms with Crippen LogP contribution in [-0.4, -0.2) is 31.9 Å². The average Bonchev–Trinajstić information content (AvgIpc) is 2.59. The number of carbonyl (C=O) groups excluding carboxylic acids is 1. The zero-order valence-electron chi connectivity index (χ0n) is 13.0. The minimum absolute atomic E-state index is 0.0133. The number of methoxy groups -OCH3 is 1. The standard InChI is InChI=1S/C17H17F2NO3S/c1-22-14-9-5-8-13(15(14)23-17(18)19)16(21)20-10-11-24-12-6-3-2-4-7-12/h2-9,17H,10-11H2,1H3,(H,20,21). The molecule has 0 aliphatic rings. The van der Waals surface area contributed by atoms with Crippen molar-refractivity contribution in [2.75, 3.05) is 19.4 Å².